The van der Waals surface area contributed by atoms with Gasteiger partial charge in [0, 0.05) is 18.2 Å². The molecule has 0 aromatic heterocycles. The third-order valence-electron chi connectivity index (χ3n) is 3.78. The Morgan fingerprint density at radius 2 is 1.62 bits per heavy atom. The van der Waals surface area contributed by atoms with Crippen molar-refractivity contribution in [2.75, 3.05) is 6.54 Å². The standard InChI is InChI=1S/C18H22N2O3S/c1-13(2)24(22,23)16-10-8-15(9-11-16)18(21)20-12-17(19)14-6-4-3-5-7-14/h3-11,13,17H,12,19H2,1-2H3,(H,20,21). The van der Waals surface area contributed by atoms with Crippen molar-refractivity contribution in [1.82, 2.24) is 5.32 Å². The molecule has 24 heavy (non-hydrogen) atoms. The lowest BCUT2D eigenvalue weighted by molar-refractivity contribution is 0.0951. The first-order valence-corrected chi connectivity index (χ1v) is 9.29. The molecule has 0 heterocycles. The van der Waals surface area contributed by atoms with Gasteiger partial charge in [-0.3, -0.25) is 4.79 Å². The van der Waals surface area contributed by atoms with Crippen molar-refractivity contribution in [2.45, 2.75) is 30.0 Å². The van der Waals surface area contributed by atoms with Gasteiger partial charge in [-0.15, -0.1) is 0 Å². The van der Waals surface area contributed by atoms with Crippen LogP contribution in [0.4, 0.5) is 0 Å². The van der Waals surface area contributed by atoms with Crippen molar-refractivity contribution in [2.24, 2.45) is 5.73 Å². The van der Waals surface area contributed by atoms with E-state index in [-0.39, 0.29) is 16.8 Å². The van der Waals surface area contributed by atoms with Gasteiger partial charge in [0.15, 0.2) is 9.84 Å². The molecule has 0 saturated heterocycles. The minimum atomic E-state index is -3.33. The normalized spacial score (nSPS) is 12.8. The summed E-state index contributed by atoms with van der Waals surface area (Å²) in [6, 6.07) is 15.2. The van der Waals surface area contributed by atoms with Crippen molar-refractivity contribution in [3.8, 4) is 0 Å². The molecule has 0 aliphatic rings. The van der Waals surface area contributed by atoms with E-state index in [1.54, 1.807) is 13.8 Å². The second-order valence-corrected chi connectivity index (χ2v) is 8.35. The van der Waals surface area contributed by atoms with Gasteiger partial charge in [0.25, 0.3) is 5.91 Å². The van der Waals surface area contributed by atoms with Crippen molar-refractivity contribution in [3.05, 3.63) is 65.7 Å². The Bertz CT molecular complexity index is 785. The van der Waals surface area contributed by atoms with Crippen molar-refractivity contribution in [3.63, 3.8) is 0 Å². The zero-order valence-electron chi connectivity index (χ0n) is 13.8. The lowest BCUT2D eigenvalue weighted by Crippen LogP contribution is -2.31. The largest absolute Gasteiger partial charge is 0.350 e. The fraction of sp³-hybridized carbons (Fsp3) is 0.278. The van der Waals surface area contributed by atoms with Crippen LogP contribution in [-0.2, 0) is 9.84 Å². The van der Waals surface area contributed by atoms with Crippen LogP contribution in [0, 0.1) is 0 Å². The van der Waals surface area contributed by atoms with Crippen LogP contribution in [-0.4, -0.2) is 26.1 Å². The lowest BCUT2D eigenvalue weighted by atomic mass is 10.1. The number of hydrogen-bond donors (Lipinski definition) is 2. The number of nitrogens with two attached hydrogens (primary N) is 1. The molecule has 2 rings (SSSR count). The average molecular weight is 346 g/mol. The molecule has 1 amide bonds. The highest BCUT2D eigenvalue weighted by Crippen LogP contribution is 2.16. The van der Waals surface area contributed by atoms with Gasteiger partial charge in [0.05, 0.1) is 10.1 Å². The summed E-state index contributed by atoms with van der Waals surface area (Å²) in [6.07, 6.45) is 0. The van der Waals surface area contributed by atoms with Crippen molar-refractivity contribution >= 4 is 15.7 Å². The lowest BCUT2D eigenvalue weighted by Gasteiger charge is -2.13. The third kappa shape index (κ3) is 4.21. The second kappa shape index (κ2) is 7.59. The Hall–Kier alpha value is -2.18. The van der Waals surface area contributed by atoms with Crippen LogP contribution < -0.4 is 11.1 Å². The fourth-order valence-electron chi connectivity index (χ4n) is 2.19. The van der Waals surface area contributed by atoms with Gasteiger partial charge in [0.1, 0.15) is 0 Å². The summed E-state index contributed by atoms with van der Waals surface area (Å²) in [4.78, 5) is 12.4. The van der Waals surface area contributed by atoms with Crippen LogP contribution in [0.15, 0.2) is 59.5 Å². The van der Waals surface area contributed by atoms with Gasteiger partial charge in [-0.05, 0) is 43.7 Å². The maximum atomic E-state index is 12.2. The van der Waals surface area contributed by atoms with E-state index >= 15 is 0 Å². The fourth-order valence-corrected chi connectivity index (χ4v) is 3.25. The summed E-state index contributed by atoms with van der Waals surface area (Å²) >= 11 is 0. The number of carbonyl (C=O) groups excluding carboxylic acids is 1. The Morgan fingerprint density at radius 3 is 2.17 bits per heavy atom. The van der Waals surface area contributed by atoms with Gasteiger partial charge in [-0.2, -0.15) is 0 Å². The zero-order chi connectivity index (χ0) is 17.7. The van der Waals surface area contributed by atoms with Crippen LogP contribution in [0.3, 0.4) is 0 Å². The van der Waals surface area contributed by atoms with Crippen molar-refractivity contribution < 1.29 is 13.2 Å². The summed E-state index contributed by atoms with van der Waals surface area (Å²) in [5.41, 5.74) is 7.38. The molecule has 128 valence electrons. The monoisotopic (exact) mass is 346 g/mol. The topological polar surface area (TPSA) is 89.3 Å². The molecule has 0 aliphatic carbocycles. The van der Waals surface area contributed by atoms with Gasteiger partial charge in [0.2, 0.25) is 0 Å². The average Bonchev–Trinajstić information content (AvgIpc) is 2.60. The van der Waals surface area contributed by atoms with E-state index < -0.39 is 15.1 Å². The van der Waals surface area contributed by atoms with Gasteiger partial charge >= 0.3 is 0 Å². The predicted molar refractivity (Wildman–Crippen MR) is 94.5 cm³/mol. The van der Waals surface area contributed by atoms with Gasteiger partial charge < -0.3 is 11.1 Å². The molecule has 0 saturated carbocycles. The summed E-state index contributed by atoms with van der Waals surface area (Å²) in [5, 5.41) is 2.27. The molecule has 2 aromatic carbocycles. The van der Waals surface area contributed by atoms with Crippen LogP contribution in [0.2, 0.25) is 0 Å². The summed E-state index contributed by atoms with van der Waals surface area (Å²) in [7, 11) is -3.33. The van der Waals surface area contributed by atoms with E-state index in [0.717, 1.165) is 5.56 Å². The Labute approximate surface area is 142 Å². The number of rotatable bonds is 6. The molecule has 0 bridgehead atoms. The first-order valence-electron chi connectivity index (χ1n) is 7.75. The molecule has 3 N–H and O–H groups in total. The zero-order valence-corrected chi connectivity index (χ0v) is 14.6. The molecule has 5 nitrogen and oxygen atoms in total. The van der Waals surface area contributed by atoms with E-state index in [1.165, 1.54) is 24.3 Å². The molecule has 6 heteroatoms. The number of sulfone groups is 1. The summed E-state index contributed by atoms with van der Waals surface area (Å²) in [6.45, 7) is 3.55. The summed E-state index contributed by atoms with van der Waals surface area (Å²) in [5.74, 6) is -0.283. The quantitative estimate of drug-likeness (QED) is 0.840. The number of hydrogen-bond acceptors (Lipinski definition) is 4. The molecule has 2 aromatic rings. The highest BCUT2D eigenvalue weighted by molar-refractivity contribution is 7.92. The van der Waals surface area contributed by atoms with E-state index in [9.17, 15) is 13.2 Å². The number of carbonyl (C=O) groups is 1. The third-order valence-corrected chi connectivity index (χ3v) is 5.95. The minimum absolute atomic E-state index is 0.218. The smallest absolute Gasteiger partial charge is 0.251 e. The van der Waals surface area contributed by atoms with E-state index in [0.29, 0.717) is 12.1 Å². The van der Waals surface area contributed by atoms with Crippen LogP contribution >= 0.6 is 0 Å². The van der Waals surface area contributed by atoms with Crippen LogP contribution in [0.25, 0.3) is 0 Å². The van der Waals surface area contributed by atoms with E-state index in [1.807, 2.05) is 30.3 Å². The van der Waals surface area contributed by atoms with E-state index in [2.05, 4.69) is 5.32 Å². The van der Waals surface area contributed by atoms with Crippen LogP contribution in [0.5, 0.6) is 0 Å². The number of benzene rings is 2. The minimum Gasteiger partial charge on any atom is -0.350 e. The molecule has 1 atom stereocenters. The predicted octanol–water partition coefficient (Wildman–Crippen LogP) is 2.30. The maximum absolute atomic E-state index is 12.2. The Kier molecular flexibility index (Phi) is 5.75. The number of amides is 1. The first kappa shape index (κ1) is 18.2. The molecule has 0 spiro atoms. The molecule has 0 radical (unpaired) electrons. The SMILES string of the molecule is CC(C)S(=O)(=O)c1ccc(C(=O)NCC(N)c2ccccc2)cc1. The Morgan fingerprint density at radius 1 is 1.04 bits per heavy atom. The first-order chi connectivity index (χ1) is 11.3. The van der Waals surface area contributed by atoms with Gasteiger partial charge in [-0.25, -0.2) is 8.42 Å². The highest BCUT2D eigenvalue weighted by atomic mass is 32.2. The Balaban J connectivity index is 2.01. The maximum Gasteiger partial charge on any atom is 0.251 e. The molecular weight excluding hydrogens is 324 g/mol. The van der Waals surface area contributed by atoms with Gasteiger partial charge in [-0.1, -0.05) is 30.3 Å². The molecule has 1 unspecified atom stereocenters. The molecule has 0 fully saturated rings. The van der Waals surface area contributed by atoms with E-state index in [4.69, 9.17) is 5.73 Å². The number of nitrogens with one attached hydrogen (secondary N) is 1. The molecule has 0 aliphatic heterocycles. The highest BCUT2D eigenvalue weighted by Gasteiger charge is 2.19. The molecular formula is C18H22N2O3S. The van der Waals surface area contributed by atoms with Crippen LogP contribution in [0.1, 0.15) is 35.8 Å². The second-order valence-electron chi connectivity index (χ2n) is 5.85. The summed E-state index contributed by atoms with van der Waals surface area (Å²) < 4.78 is 24.1. The van der Waals surface area contributed by atoms with Crippen molar-refractivity contribution in [1.29, 1.82) is 0 Å².